The standard InChI is InChI=1S/C65H70N2O21S2/c1-6-53(68)81-38-41(5)84-58(73)29-28-56(71)79-33-31-43-10-22-50(23-11-43)86-62(75)45-14-18-47(19-15-45)64(77)88-52-25-24-51(59-60(52)90-65(89-59)48(34-66)35-67)87-63(76)46-16-12-44(13-17-46)61(74)85-49-20-8-42(9-21-49)30-32-78-55(70)26-27-57(72)82-36-39(3)80-37-40(4)83-54(69)7-2/h6-11,20-25,39-41,44-47H,1-2,12-19,26-33,36-38H2,3-5H3. The van der Waals surface area contributed by atoms with Gasteiger partial charge >= 0.3 is 59.7 Å². The van der Waals surface area contributed by atoms with Crippen molar-refractivity contribution in [3.63, 3.8) is 0 Å². The van der Waals surface area contributed by atoms with Gasteiger partial charge in [-0.3, -0.25) is 38.4 Å². The van der Waals surface area contributed by atoms with E-state index in [4.69, 9.17) is 52.1 Å². The number of benzene rings is 3. The predicted octanol–water partition coefficient (Wildman–Crippen LogP) is 9.24. The maximum Gasteiger partial charge on any atom is 0.330 e. The number of nitriles is 2. The SMILES string of the molecule is C=CC(=O)OCC(C)OC(=O)CCC(=O)OCCc1ccc(OC(=O)C2CCC(C(=O)Oc3ccc(OC(=O)C4CCC(C(=O)Oc5ccc(CCOC(=O)CCC(=O)OCC(C)OCC(C)OC(=O)C=C)cc5)CC4)c4c3SC(=C(C#N)C#N)S4)CC2)cc1. The van der Waals surface area contributed by atoms with E-state index in [9.17, 15) is 58.5 Å². The summed E-state index contributed by atoms with van der Waals surface area (Å²) in [4.78, 5) is 126. The van der Waals surface area contributed by atoms with Crippen molar-refractivity contribution in [3.8, 4) is 35.1 Å². The van der Waals surface area contributed by atoms with E-state index in [1.165, 1.54) is 12.1 Å². The number of ether oxygens (including phenoxy) is 11. The molecule has 25 heteroatoms. The molecule has 1 aliphatic heterocycles. The van der Waals surface area contributed by atoms with Crippen LogP contribution in [0.2, 0.25) is 0 Å². The second-order valence-electron chi connectivity index (χ2n) is 21.2. The van der Waals surface area contributed by atoms with Gasteiger partial charge in [-0.25, -0.2) is 9.59 Å². The summed E-state index contributed by atoms with van der Waals surface area (Å²) in [6.45, 7) is 11.5. The van der Waals surface area contributed by atoms with Crippen LogP contribution in [0.4, 0.5) is 0 Å². The second-order valence-corrected chi connectivity index (χ2v) is 23.5. The monoisotopic (exact) mass is 1280 g/mol. The number of nitrogens with zero attached hydrogens (tertiary/aromatic N) is 2. The van der Waals surface area contributed by atoms with Gasteiger partial charge in [0.15, 0.2) is 0 Å². The Morgan fingerprint density at radius 3 is 1.27 bits per heavy atom. The van der Waals surface area contributed by atoms with Crippen molar-refractivity contribution in [2.45, 2.75) is 139 Å². The zero-order valence-electron chi connectivity index (χ0n) is 50.1. The molecule has 0 radical (unpaired) electrons. The molecule has 6 rings (SSSR count). The van der Waals surface area contributed by atoms with Crippen molar-refractivity contribution in [1.29, 1.82) is 10.5 Å². The summed E-state index contributed by atoms with van der Waals surface area (Å²) in [7, 11) is 0. The van der Waals surface area contributed by atoms with Crippen LogP contribution >= 0.6 is 23.5 Å². The first-order valence-corrected chi connectivity index (χ1v) is 30.9. The third kappa shape index (κ3) is 23.0. The summed E-state index contributed by atoms with van der Waals surface area (Å²) in [6, 6.07) is 20.2. The van der Waals surface area contributed by atoms with Gasteiger partial charge in [0.2, 0.25) is 0 Å². The van der Waals surface area contributed by atoms with E-state index < -0.39 is 102 Å². The molecule has 0 N–H and O–H groups in total. The van der Waals surface area contributed by atoms with Crippen LogP contribution in [0.3, 0.4) is 0 Å². The highest BCUT2D eigenvalue weighted by atomic mass is 32.2. The molecule has 3 atom stereocenters. The van der Waals surface area contributed by atoms with Crippen LogP contribution in [0.1, 0.15) is 109 Å². The molecule has 1 heterocycles. The largest absolute Gasteiger partial charge is 0.465 e. The van der Waals surface area contributed by atoms with Crippen LogP contribution in [0.25, 0.3) is 0 Å². The number of carbonyl (C=O) groups is 10. The Hall–Kier alpha value is -8.78. The Bertz CT molecular complexity index is 3210. The summed E-state index contributed by atoms with van der Waals surface area (Å²) in [5.74, 6) is -6.73. The molecule has 2 saturated carbocycles. The topological polar surface area (TPSA) is 320 Å². The first kappa shape index (κ1) is 70.3. The quantitative estimate of drug-likeness (QED) is 0.0190. The molecular weight excluding hydrogens is 1210 g/mol. The van der Waals surface area contributed by atoms with Gasteiger partial charge in [0, 0.05) is 25.0 Å². The summed E-state index contributed by atoms with van der Waals surface area (Å²) < 4.78 is 59.7. The van der Waals surface area contributed by atoms with E-state index in [0.717, 1.165) is 46.8 Å². The molecule has 0 aromatic heterocycles. The Morgan fingerprint density at radius 2 is 0.856 bits per heavy atom. The van der Waals surface area contributed by atoms with Crippen molar-refractivity contribution < 1.29 is 100 Å². The first-order valence-electron chi connectivity index (χ1n) is 29.3. The number of hydrogen-bond acceptors (Lipinski definition) is 25. The van der Waals surface area contributed by atoms with Crippen molar-refractivity contribution in [3.05, 3.63) is 107 Å². The van der Waals surface area contributed by atoms with E-state index in [-0.39, 0.29) is 75.8 Å². The fourth-order valence-corrected chi connectivity index (χ4v) is 11.8. The molecule has 3 aromatic rings. The van der Waals surface area contributed by atoms with Crippen molar-refractivity contribution in [1.82, 2.24) is 0 Å². The second kappa shape index (κ2) is 36.0. The molecule has 3 aromatic carbocycles. The number of fused-ring (bicyclic) bond motifs is 1. The highest BCUT2D eigenvalue weighted by Crippen LogP contribution is 2.59. The average Bonchev–Trinajstić information content (AvgIpc) is 1.94. The van der Waals surface area contributed by atoms with E-state index in [1.807, 2.05) is 12.1 Å². The first-order chi connectivity index (χ1) is 43.2. The van der Waals surface area contributed by atoms with Crippen molar-refractivity contribution >= 4 is 83.2 Å². The molecular formula is C65H70N2O21S2. The van der Waals surface area contributed by atoms with Gasteiger partial charge in [-0.2, -0.15) is 10.5 Å². The lowest BCUT2D eigenvalue weighted by Gasteiger charge is -2.26. The molecule has 2 aliphatic carbocycles. The number of carbonyl (C=O) groups excluding carboxylic acids is 10. The molecule has 0 spiro atoms. The minimum absolute atomic E-state index is 0.0468. The van der Waals surface area contributed by atoms with Crippen LogP contribution < -0.4 is 18.9 Å². The highest BCUT2D eigenvalue weighted by molar-refractivity contribution is 8.24. The van der Waals surface area contributed by atoms with Gasteiger partial charge in [0.1, 0.15) is 66.1 Å². The van der Waals surface area contributed by atoms with E-state index >= 15 is 0 Å². The Morgan fingerprint density at radius 1 is 0.478 bits per heavy atom. The molecule has 23 nitrogen and oxygen atoms in total. The van der Waals surface area contributed by atoms with Crippen molar-refractivity contribution in [2.24, 2.45) is 23.7 Å². The average molecular weight is 1280 g/mol. The molecule has 90 heavy (non-hydrogen) atoms. The summed E-state index contributed by atoms with van der Waals surface area (Å²) in [5, 5.41) is 19.4. The maximum atomic E-state index is 13.7. The number of esters is 10. The molecule has 0 bridgehead atoms. The van der Waals surface area contributed by atoms with Gasteiger partial charge in [0.05, 0.1) is 89.3 Å². The van der Waals surface area contributed by atoms with Crippen LogP contribution in [0.15, 0.2) is 106 Å². The fraction of sp³-hybridized carbons (Fsp3) is 0.446. The smallest absolute Gasteiger partial charge is 0.330 e. The Kier molecular flexibility index (Phi) is 28.1. The third-order valence-corrected chi connectivity index (χ3v) is 16.9. The molecule has 478 valence electrons. The lowest BCUT2D eigenvalue weighted by molar-refractivity contribution is -0.157. The van der Waals surface area contributed by atoms with E-state index in [1.54, 1.807) is 69.3 Å². The normalized spacial score (nSPS) is 17.5. The molecule has 0 saturated heterocycles. The van der Waals surface area contributed by atoms with Gasteiger partial charge in [-0.05, 0) is 120 Å². The molecule has 3 aliphatic rings. The minimum Gasteiger partial charge on any atom is -0.465 e. The fourth-order valence-electron chi connectivity index (χ4n) is 9.27. The zero-order valence-corrected chi connectivity index (χ0v) is 51.7. The van der Waals surface area contributed by atoms with Crippen LogP contribution in [0.5, 0.6) is 23.0 Å². The molecule has 0 amide bonds. The predicted molar refractivity (Wildman–Crippen MR) is 319 cm³/mol. The van der Waals surface area contributed by atoms with Crippen molar-refractivity contribution in [2.75, 3.05) is 33.0 Å². The van der Waals surface area contributed by atoms with Gasteiger partial charge < -0.3 is 52.1 Å². The number of hydrogen-bond donors (Lipinski definition) is 0. The highest BCUT2D eigenvalue weighted by Gasteiger charge is 2.37. The van der Waals surface area contributed by atoms with Gasteiger partial charge in [-0.15, -0.1) is 0 Å². The Balaban J connectivity index is 0.885. The summed E-state index contributed by atoms with van der Waals surface area (Å²) in [5.41, 5.74) is 1.44. The van der Waals surface area contributed by atoms with E-state index in [2.05, 4.69) is 13.2 Å². The maximum absolute atomic E-state index is 13.7. The van der Waals surface area contributed by atoms with Crippen LogP contribution in [-0.2, 0) is 93.9 Å². The molecule has 3 unspecified atom stereocenters. The lowest BCUT2D eigenvalue weighted by Crippen LogP contribution is -2.30. The Labute approximate surface area is 529 Å². The summed E-state index contributed by atoms with van der Waals surface area (Å²) in [6.07, 6.45) is 3.09. The van der Waals surface area contributed by atoms with Crippen LogP contribution in [-0.4, -0.2) is 111 Å². The lowest BCUT2D eigenvalue weighted by atomic mass is 9.82. The third-order valence-electron chi connectivity index (χ3n) is 14.3. The molecule has 2 fully saturated rings. The summed E-state index contributed by atoms with van der Waals surface area (Å²) >= 11 is 2.09. The number of allylic oxidation sites excluding steroid dienone is 1. The van der Waals surface area contributed by atoms with E-state index in [0.29, 0.717) is 89.7 Å². The zero-order chi connectivity index (χ0) is 65.1. The number of thioether (sulfide) groups is 2. The number of rotatable bonds is 31. The van der Waals surface area contributed by atoms with Gasteiger partial charge in [0.25, 0.3) is 0 Å². The minimum atomic E-state index is -0.700. The van der Waals surface area contributed by atoms with Gasteiger partial charge in [-0.1, -0.05) is 60.9 Å². The van der Waals surface area contributed by atoms with Crippen LogP contribution in [0, 0.1) is 46.3 Å².